The van der Waals surface area contributed by atoms with E-state index in [4.69, 9.17) is 4.52 Å². The lowest BCUT2D eigenvalue weighted by Gasteiger charge is -2.00. The van der Waals surface area contributed by atoms with E-state index in [0.29, 0.717) is 31.1 Å². The normalized spacial score (nSPS) is 10.5. The molecule has 0 spiro atoms. The highest BCUT2D eigenvalue weighted by Gasteiger charge is 2.10. The van der Waals surface area contributed by atoms with Gasteiger partial charge in [0.25, 0.3) is 0 Å². The molecule has 5 nitrogen and oxygen atoms in total. The average Bonchev–Trinajstić information content (AvgIpc) is 2.92. The minimum absolute atomic E-state index is 0.0147. The predicted molar refractivity (Wildman–Crippen MR) is 84.1 cm³/mol. The van der Waals surface area contributed by atoms with Crippen LogP contribution in [0, 0.1) is 3.57 Å². The zero-order chi connectivity index (χ0) is 14.4. The Hall–Kier alpha value is -1.44. The number of hydrogen-bond donors (Lipinski definition) is 1. The number of nitrogens with one attached hydrogen (secondary N) is 1. The summed E-state index contributed by atoms with van der Waals surface area (Å²) >= 11 is 2.24. The molecular weight excluding hydrogens is 369 g/mol. The van der Waals surface area contributed by atoms with Gasteiger partial charge in [-0.15, -0.1) is 0 Å². The molecule has 2 rings (SSSR count). The van der Waals surface area contributed by atoms with E-state index >= 15 is 0 Å². The van der Waals surface area contributed by atoms with Crippen LogP contribution in [-0.2, 0) is 11.2 Å². The largest absolute Gasteiger partial charge is 0.356 e. The Balaban J connectivity index is 1.92. The fourth-order valence-electron chi connectivity index (χ4n) is 1.65. The lowest BCUT2D eigenvalue weighted by molar-refractivity contribution is -0.121. The summed E-state index contributed by atoms with van der Waals surface area (Å²) in [6.45, 7) is 2.72. The first kappa shape index (κ1) is 15.0. The third kappa shape index (κ3) is 4.29. The van der Waals surface area contributed by atoms with Crippen molar-refractivity contribution < 1.29 is 9.32 Å². The van der Waals surface area contributed by atoms with Gasteiger partial charge in [0.1, 0.15) is 0 Å². The van der Waals surface area contributed by atoms with Crippen molar-refractivity contribution in [3.8, 4) is 11.4 Å². The van der Waals surface area contributed by atoms with E-state index in [1.165, 1.54) is 0 Å². The van der Waals surface area contributed by atoms with Crippen LogP contribution in [-0.4, -0.2) is 22.6 Å². The molecule has 1 N–H and O–H groups in total. The molecule has 0 bridgehead atoms. The Morgan fingerprint density at radius 2 is 2.10 bits per heavy atom. The number of halogens is 1. The number of amides is 1. The van der Waals surface area contributed by atoms with Gasteiger partial charge in [0, 0.05) is 28.5 Å². The van der Waals surface area contributed by atoms with Gasteiger partial charge in [0.15, 0.2) is 0 Å². The van der Waals surface area contributed by atoms with Crippen molar-refractivity contribution in [2.24, 2.45) is 0 Å². The SMILES string of the molecule is CCCNC(=O)CCc1nc(-c2ccc(I)cc2)no1. The molecule has 1 heterocycles. The van der Waals surface area contributed by atoms with Crippen LogP contribution in [0.4, 0.5) is 0 Å². The summed E-state index contributed by atoms with van der Waals surface area (Å²) in [6.07, 6.45) is 1.77. The van der Waals surface area contributed by atoms with E-state index in [1.807, 2.05) is 31.2 Å². The van der Waals surface area contributed by atoms with Gasteiger partial charge in [-0.3, -0.25) is 4.79 Å². The highest BCUT2D eigenvalue weighted by Crippen LogP contribution is 2.17. The summed E-state index contributed by atoms with van der Waals surface area (Å²) in [4.78, 5) is 15.8. The summed E-state index contributed by atoms with van der Waals surface area (Å²) < 4.78 is 6.32. The first-order chi connectivity index (χ1) is 9.69. The third-order valence-electron chi connectivity index (χ3n) is 2.71. The van der Waals surface area contributed by atoms with Crippen LogP contribution in [0.5, 0.6) is 0 Å². The fraction of sp³-hybridized carbons (Fsp3) is 0.357. The molecule has 0 radical (unpaired) electrons. The molecule has 0 saturated carbocycles. The average molecular weight is 385 g/mol. The topological polar surface area (TPSA) is 68.0 Å². The highest BCUT2D eigenvalue weighted by molar-refractivity contribution is 14.1. The van der Waals surface area contributed by atoms with Gasteiger partial charge in [-0.1, -0.05) is 24.2 Å². The molecule has 0 unspecified atom stereocenters. The lowest BCUT2D eigenvalue weighted by Crippen LogP contribution is -2.24. The molecule has 0 aliphatic rings. The van der Waals surface area contributed by atoms with E-state index < -0.39 is 0 Å². The third-order valence-corrected chi connectivity index (χ3v) is 3.43. The fourth-order valence-corrected chi connectivity index (χ4v) is 2.01. The van der Waals surface area contributed by atoms with E-state index in [2.05, 4.69) is 38.0 Å². The minimum Gasteiger partial charge on any atom is -0.356 e. The van der Waals surface area contributed by atoms with E-state index in [0.717, 1.165) is 15.6 Å². The molecule has 0 fully saturated rings. The van der Waals surface area contributed by atoms with Crippen molar-refractivity contribution in [2.75, 3.05) is 6.54 Å². The maximum atomic E-state index is 11.5. The number of hydrogen-bond acceptors (Lipinski definition) is 4. The predicted octanol–water partition coefficient (Wildman–Crippen LogP) is 2.80. The molecule has 2 aromatic rings. The first-order valence-corrected chi connectivity index (χ1v) is 7.62. The molecule has 0 atom stereocenters. The van der Waals surface area contributed by atoms with Gasteiger partial charge in [0.2, 0.25) is 17.6 Å². The molecule has 6 heteroatoms. The first-order valence-electron chi connectivity index (χ1n) is 6.54. The van der Waals surface area contributed by atoms with Gasteiger partial charge in [-0.2, -0.15) is 4.98 Å². The number of carbonyl (C=O) groups excluding carboxylic acids is 1. The van der Waals surface area contributed by atoms with E-state index in [1.54, 1.807) is 0 Å². The van der Waals surface area contributed by atoms with Crippen LogP contribution < -0.4 is 5.32 Å². The summed E-state index contributed by atoms with van der Waals surface area (Å²) in [5.74, 6) is 1.07. The van der Waals surface area contributed by atoms with E-state index in [9.17, 15) is 4.79 Å². The second-order valence-corrected chi connectivity index (χ2v) is 5.61. The van der Waals surface area contributed by atoms with Crippen LogP contribution in [0.3, 0.4) is 0 Å². The zero-order valence-electron chi connectivity index (χ0n) is 11.2. The smallest absolute Gasteiger partial charge is 0.227 e. The van der Waals surface area contributed by atoms with Crippen molar-refractivity contribution in [1.82, 2.24) is 15.5 Å². The van der Waals surface area contributed by atoms with Crippen LogP contribution in [0.25, 0.3) is 11.4 Å². The van der Waals surface area contributed by atoms with Gasteiger partial charge < -0.3 is 9.84 Å². The Labute approximate surface area is 131 Å². The highest BCUT2D eigenvalue weighted by atomic mass is 127. The maximum absolute atomic E-state index is 11.5. The Kier molecular flexibility index (Phi) is 5.51. The van der Waals surface area contributed by atoms with Crippen LogP contribution >= 0.6 is 22.6 Å². The number of rotatable bonds is 6. The summed E-state index contributed by atoms with van der Waals surface area (Å²) in [5, 5.41) is 6.75. The van der Waals surface area contributed by atoms with Gasteiger partial charge in [-0.05, 0) is 41.1 Å². The van der Waals surface area contributed by atoms with Crippen molar-refractivity contribution in [3.63, 3.8) is 0 Å². The molecule has 0 aliphatic heterocycles. The van der Waals surface area contributed by atoms with Crippen molar-refractivity contribution in [2.45, 2.75) is 26.2 Å². The number of aryl methyl sites for hydroxylation is 1. The van der Waals surface area contributed by atoms with Crippen molar-refractivity contribution >= 4 is 28.5 Å². The molecular formula is C14H16IN3O2. The van der Waals surface area contributed by atoms with Gasteiger partial charge in [-0.25, -0.2) is 0 Å². The van der Waals surface area contributed by atoms with Crippen LogP contribution in [0.15, 0.2) is 28.8 Å². The standard InChI is InChI=1S/C14H16IN3O2/c1-2-9-16-12(19)7-8-13-17-14(18-20-13)10-3-5-11(15)6-4-10/h3-6H,2,7-9H2,1H3,(H,16,19). The Morgan fingerprint density at radius 3 is 2.80 bits per heavy atom. The number of nitrogens with zero attached hydrogens (tertiary/aromatic N) is 2. The summed E-state index contributed by atoms with van der Waals surface area (Å²) in [6, 6.07) is 7.88. The second-order valence-electron chi connectivity index (χ2n) is 4.37. The van der Waals surface area contributed by atoms with Gasteiger partial charge in [0.05, 0.1) is 0 Å². The molecule has 1 amide bonds. The quantitative estimate of drug-likeness (QED) is 0.777. The molecule has 1 aromatic carbocycles. The molecule has 20 heavy (non-hydrogen) atoms. The lowest BCUT2D eigenvalue weighted by atomic mass is 10.2. The molecule has 0 aliphatic carbocycles. The second kappa shape index (κ2) is 7.37. The van der Waals surface area contributed by atoms with Gasteiger partial charge >= 0.3 is 0 Å². The number of benzene rings is 1. The number of aromatic nitrogens is 2. The Bertz CT molecular complexity index is 566. The maximum Gasteiger partial charge on any atom is 0.227 e. The summed E-state index contributed by atoms with van der Waals surface area (Å²) in [5.41, 5.74) is 0.913. The van der Waals surface area contributed by atoms with Crippen LogP contribution in [0.1, 0.15) is 25.7 Å². The minimum atomic E-state index is 0.0147. The molecule has 0 saturated heterocycles. The monoisotopic (exact) mass is 385 g/mol. The van der Waals surface area contributed by atoms with Crippen molar-refractivity contribution in [3.05, 3.63) is 33.7 Å². The Morgan fingerprint density at radius 1 is 1.35 bits per heavy atom. The van der Waals surface area contributed by atoms with Crippen molar-refractivity contribution in [1.29, 1.82) is 0 Å². The molecule has 1 aromatic heterocycles. The zero-order valence-corrected chi connectivity index (χ0v) is 13.4. The molecule has 106 valence electrons. The number of carbonyl (C=O) groups is 1. The van der Waals surface area contributed by atoms with E-state index in [-0.39, 0.29) is 5.91 Å². The summed E-state index contributed by atoms with van der Waals surface area (Å²) in [7, 11) is 0. The van der Waals surface area contributed by atoms with Crippen LogP contribution in [0.2, 0.25) is 0 Å².